The van der Waals surface area contributed by atoms with E-state index in [9.17, 15) is 8.42 Å². The molecule has 0 heterocycles. The van der Waals surface area contributed by atoms with E-state index in [0.717, 1.165) is 5.56 Å². The number of hydrogen-bond acceptors (Lipinski definition) is 3. The molecule has 0 fully saturated rings. The van der Waals surface area contributed by atoms with Gasteiger partial charge in [0.15, 0.2) is 0 Å². The lowest BCUT2D eigenvalue weighted by Crippen LogP contribution is -2.26. The zero-order chi connectivity index (χ0) is 14.8. The fraction of sp³-hybridized carbons (Fsp3) is 0.143. The van der Waals surface area contributed by atoms with Crippen molar-refractivity contribution in [1.82, 2.24) is 4.31 Å². The van der Waals surface area contributed by atoms with Crippen LogP contribution in [0.25, 0.3) is 0 Å². The molecule has 0 aliphatic rings. The Kier molecular flexibility index (Phi) is 4.32. The van der Waals surface area contributed by atoms with E-state index in [1.807, 2.05) is 12.1 Å². The van der Waals surface area contributed by atoms with Gasteiger partial charge in [-0.3, -0.25) is 0 Å². The van der Waals surface area contributed by atoms with Crippen LogP contribution < -0.4 is 5.73 Å². The molecule has 0 aromatic heterocycles. The summed E-state index contributed by atoms with van der Waals surface area (Å²) in [7, 11) is -1.98. The lowest BCUT2D eigenvalue weighted by Gasteiger charge is -2.17. The normalized spacial score (nSPS) is 11.8. The van der Waals surface area contributed by atoms with Crippen LogP contribution in [0, 0.1) is 0 Å². The summed E-state index contributed by atoms with van der Waals surface area (Å²) in [6.45, 7) is 0.283. The molecular weight excluding hydrogens is 296 g/mol. The summed E-state index contributed by atoms with van der Waals surface area (Å²) in [4.78, 5) is 0.222. The third-order valence-electron chi connectivity index (χ3n) is 2.91. The molecule has 2 aromatic carbocycles. The van der Waals surface area contributed by atoms with Crippen molar-refractivity contribution in [2.75, 3.05) is 12.8 Å². The first-order valence-electron chi connectivity index (χ1n) is 5.96. The Morgan fingerprint density at radius 1 is 1.05 bits per heavy atom. The van der Waals surface area contributed by atoms with Crippen molar-refractivity contribution in [3.8, 4) is 0 Å². The molecule has 4 nitrogen and oxygen atoms in total. The minimum absolute atomic E-state index is 0.222. The van der Waals surface area contributed by atoms with Crippen LogP contribution in [-0.4, -0.2) is 19.8 Å². The molecule has 0 saturated heterocycles. The molecule has 106 valence electrons. The predicted molar refractivity (Wildman–Crippen MR) is 81.0 cm³/mol. The maximum absolute atomic E-state index is 12.4. The molecule has 0 aliphatic carbocycles. The molecule has 0 radical (unpaired) electrons. The smallest absolute Gasteiger partial charge is 0.243 e. The minimum Gasteiger partial charge on any atom is -0.399 e. The highest BCUT2D eigenvalue weighted by Gasteiger charge is 2.20. The molecule has 2 aromatic rings. The lowest BCUT2D eigenvalue weighted by atomic mass is 10.2. The van der Waals surface area contributed by atoms with E-state index in [0.29, 0.717) is 10.7 Å². The van der Waals surface area contributed by atoms with Crippen LogP contribution in [0.15, 0.2) is 53.4 Å². The lowest BCUT2D eigenvalue weighted by molar-refractivity contribution is 0.467. The Morgan fingerprint density at radius 2 is 1.60 bits per heavy atom. The first-order chi connectivity index (χ1) is 9.39. The molecule has 0 saturated carbocycles. The number of rotatable bonds is 4. The number of halogens is 1. The number of hydrogen-bond donors (Lipinski definition) is 1. The molecule has 6 heteroatoms. The minimum atomic E-state index is -3.52. The number of nitrogens with two attached hydrogens (primary N) is 1. The van der Waals surface area contributed by atoms with Gasteiger partial charge in [0.2, 0.25) is 10.0 Å². The summed E-state index contributed by atoms with van der Waals surface area (Å²) in [5.74, 6) is 0. The van der Waals surface area contributed by atoms with Crippen LogP contribution in [-0.2, 0) is 16.6 Å². The highest BCUT2D eigenvalue weighted by atomic mass is 35.5. The highest BCUT2D eigenvalue weighted by Crippen LogP contribution is 2.19. The summed E-state index contributed by atoms with van der Waals surface area (Å²) in [5, 5.41) is 0.505. The Hall–Kier alpha value is -1.56. The van der Waals surface area contributed by atoms with Gasteiger partial charge in [0, 0.05) is 24.3 Å². The first-order valence-corrected chi connectivity index (χ1v) is 7.78. The zero-order valence-electron chi connectivity index (χ0n) is 11.0. The van der Waals surface area contributed by atoms with E-state index >= 15 is 0 Å². The van der Waals surface area contributed by atoms with Crippen LogP contribution in [0.3, 0.4) is 0 Å². The van der Waals surface area contributed by atoms with Crippen molar-refractivity contribution >= 4 is 27.3 Å². The average molecular weight is 311 g/mol. The zero-order valence-corrected chi connectivity index (χ0v) is 12.5. The first kappa shape index (κ1) is 14.8. The quantitative estimate of drug-likeness (QED) is 0.883. The molecule has 0 amide bonds. The summed E-state index contributed by atoms with van der Waals surface area (Å²) >= 11 is 5.77. The summed E-state index contributed by atoms with van der Waals surface area (Å²) in [5.41, 5.74) is 7.13. The van der Waals surface area contributed by atoms with E-state index in [1.54, 1.807) is 31.3 Å². The van der Waals surface area contributed by atoms with Crippen LogP contribution in [0.4, 0.5) is 5.69 Å². The van der Waals surface area contributed by atoms with Gasteiger partial charge in [0.1, 0.15) is 0 Å². The Balaban J connectivity index is 2.21. The fourth-order valence-corrected chi connectivity index (χ4v) is 3.04. The van der Waals surface area contributed by atoms with E-state index in [2.05, 4.69) is 0 Å². The fourth-order valence-electron chi connectivity index (χ4n) is 1.75. The highest BCUT2D eigenvalue weighted by molar-refractivity contribution is 7.89. The van der Waals surface area contributed by atoms with Crippen LogP contribution in [0.1, 0.15) is 5.56 Å². The van der Waals surface area contributed by atoms with Gasteiger partial charge in [-0.15, -0.1) is 0 Å². The standard InChI is InChI=1S/C14H15ClN2O2S/c1-17(10-11-2-6-13(16)7-3-11)20(18,19)14-8-4-12(15)5-9-14/h2-9H,10,16H2,1H3. The van der Waals surface area contributed by atoms with E-state index in [4.69, 9.17) is 17.3 Å². The van der Waals surface area contributed by atoms with Crippen LogP contribution in [0.2, 0.25) is 5.02 Å². The Bertz CT molecular complexity index is 682. The monoisotopic (exact) mass is 310 g/mol. The molecule has 0 spiro atoms. The number of anilines is 1. The maximum atomic E-state index is 12.4. The topological polar surface area (TPSA) is 63.4 Å². The van der Waals surface area contributed by atoms with E-state index < -0.39 is 10.0 Å². The Labute approximate surface area is 123 Å². The molecule has 2 rings (SSSR count). The third-order valence-corrected chi connectivity index (χ3v) is 4.98. The van der Waals surface area contributed by atoms with Gasteiger partial charge in [0.25, 0.3) is 0 Å². The van der Waals surface area contributed by atoms with Crippen LogP contribution >= 0.6 is 11.6 Å². The summed E-state index contributed by atoms with van der Waals surface area (Å²) in [6, 6.07) is 13.2. The molecule has 20 heavy (non-hydrogen) atoms. The SMILES string of the molecule is CN(Cc1ccc(N)cc1)S(=O)(=O)c1ccc(Cl)cc1. The number of sulfonamides is 1. The van der Waals surface area contributed by atoms with Gasteiger partial charge in [-0.2, -0.15) is 4.31 Å². The van der Waals surface area contributed by atoms with E-state index in [-0.39, 0.29) is 11.4 Å². The predicted octanol–water partition coefficient (Wildman–Crippen LogP) is 2.74. The summed E-state index contributed by atoms with van der Waals surface area (Å²) in [6.07, 6.45) is 0. The average Bonchev–Trinajstić information content (AvgIpc) is 2.42. The molecule has 0 unspecified atom stereocenters. The number of nitrogen functional groups attached to an aromatic ring is 1. The second-order valence-electron chi connectivity index (χ2n) is 4.46. The number of nitrogens with zero attached hydrogens (tertiary/aromatic N) is 1. The largest absolute Gasteiger partial charge is 0.399 e. The van der Waals surface area contributed by atoms with Crippen molar-refractivity contribution in [1.29, 1.82) is 0 Å². The molecule has 0 atom stereocenters. The molecule has 2 N–H and O–H groups in total. The molecule has 0 aliphatic heterocycles. The second-order valence-corrected chi connectivity index (χ2v) is 6.94. The summed E-state index contributed by atoms with van der Waals surface area (Å²) < 4.78 is 26.0. The van der Waals surface area contributed by atoms with Gasteiger partial charge >= 0.3 is 0 Å². The van der Waals surface area contributed by atoms with Gasteiger partial charge in [-0.1, -0.05) is 23.7 Å². The second kappa shape index (κ2) is 5.83. The van der Waals surface area contributed by atoms with Crippen molar-refractivity contribution < 1.29 is 8.42 Å². The van der Waals surface area contributed by atoms with Crippen LogP contribution in [0.5, 0.6) is 0 Å². The van der Waals surface area contributed by atoms with Gasteiger partial charge in [0.05, 0.1) is 4.90 Å². The maximum Gasteiger partial charge on any atom is 0.243 e. The van der Waals surface area contributed by atoms with Gasteiger partial charge in [-0.05, 0) is 42.0 Å². The van der Waals surface area contributed by atoms with Gasteiger partial charge in [-0.25, -0.2) is 8.42 Å². The Morgan fingerprint density at radius 3 is 2.15 bits per heavy atom. The van der Waals surface area contributed by atoms with Crippen molar-refractivity contribution in [2.24, 2.45) is 0 Å². The molecule has 0 bridgehead atoms. The molecular formula is C14H15ClN2O2S. The van der Waals surface area contributed by atoms with Crippen molar-refractivity contribution in [3.05, 3.63) is 59.1 Å². The van der Waals surface area contributed by atoms with Crippen molar-refractivity contribution in [2.45, 2.75) is 11.4 Å². The number of benzene rings is 2. The van der Waals surface area contributed by atoms with Crippen molar-refractivity contribution in [3.63, 3.8) is 0 Å². The third kappa shape index (κ3) is 3.30. The van der Waals surface area contributed by atoms with E-state index in [1.165, 1.54) is 16.4 Å². The van der Waals surface area contributed by atoms with Gasteiger partial charge < -0.3 is 5.73 Å².